The lowest BCUT2D eigenvalue weighted by Gasteiger charge is -2.07. The summed E-state index contributed by atoms with van der Waals surface area (Å²) in [5.41, 5.74) is 6.27. The number of pyridine rings is 1. The van der Waals surface area contributed by atoms with Gasteiger partial charge in [0.2, 0.25) is 5.91 Å². The first-order valence-corrected chi connectivity index (χ1v) is 5.98. The van der Waals surface area contributed by atoms with Gasteiger partial charge in [-0.1, -0.05) is 0 Å². The Labute approximate surface area is 102 Å². The molecule has 0 aliphatic heterocycles. The minimum Gasteiger partial charge on any atom is -0.397 e. The maximum Gasteiger partial charge on any atom is 0.240 e. The molecule has 1 heterocycles. The molecular weight excluding hydrogens is 248 g/mol. The molecule has 1 aromatic heterocycles. The standard InChI is InChI=1S/C9H9ClN4OS/c1-16-9-5(4-11)6(12)2-7(14-9)13-8(15)3-10/h2H,3H2,1H3,(H3,12,13,14,15). The number of alkyl halides is 1. The number of thioether (sulfide) groups is 1. The third-order valence-corrected chi connectivity index (χ3v) is 2.64. The van der Waals surface area contributed by atoms with Crippen LogP contribution >= 0.6 is 23.4 Å². The summed E-state index contributed by atoms with van der Waals surface area (Å²) >= 11 is 6.63. The summed E-state index contributed by atoms with van der Waals surface area (Å²) < 4.78 is 0. The zero-order valence-corrected chi connectivity index (χ0v) is 10.0. The van der Waals surface area contributed by atoms with Gasteiger partial charge in [0.1, 0.15) is 28.4 Å². The number of hydrogen-bond donors (Lipinski definition) is 2. The van der Waals surface area contributed by atoms with Crippen molar-refractivity contribution in [2.24, 2.45) is 0 Å². The highest BCUT2D eigenvalue weighted by Gasteiger charge is 2.11. The molecule has 84 valence electrons. The van der Waals surface area contributed by atoms with Crippen molar-refractivity contribution in [1.29, 1.82) is 5.26 Å². The van der Waals surface area contributed by atoms with Gasteiger partial charge in [-0.2, -0.15) is 5.26 Å². The van der Waals surface area contributed by atoms with Gasteiger partial charge in [0.15, 0.2) is 0 Å². The fourth-order valence-corrected chi connectivity index (χ4v) is 1.66. The molecule has 16 heavy (non-hydrogen) atoms. The number of nitrogens with zero attached hydrogens (tertiary/aromatic N) is 2. The van der Waals surface area contributed by atoms with Crippen LogP contribution in [0, 0.1) is 11.3 Å². The van der Waals surface area contributed by atoms with Crippen molar-refractivity contribution >= 4 is 40.8 Å². The number of nitrogens with two attached hydrogens (primary N) is 1. The van der Waals surface area contributed by atoms with Crippen LogP contribution in [0.3, 0.4) is 0 Å². The molecule has 0 aliphatic rings. The summed E-state index contributed by atoms with van der Waals surface area (Å²) in [6, 6.07) is 3.40. The third-order valence-electron chi connectivity index (χ3n) is 1.71. The molecule has 1 aromatic rings. The molecule has 0 fully saturated rings. The van der Waals surface area contributed by atoms with E-state index in [1.165, 1.54) is 17.8 Å². The van der Waals surface area contributed by atoms with E-state index in [-0.39, 0.29) is 17.5 Å². The molecular formula is C9H9ClN4OS. The summed E-state index contributed by atoms with van der Waals surface area (Å²) in [7, 11) is 0. The van der Waals surface area contributed by atoms with Crippen molar-refractivity contribution in [1.82, 2.24) is 4.98 Å². The Morgan fingerprint density at radius 3 is 3.00 bits per heavy atom. The number of rotatable bonds is 3. The number of anilines is 2. The first kappa shape index (κ1) is 12.6. The lowest BCUT2D eigenvalue weighted by atomic mass is 10.2. The zero-order valence-electron chi connectivity index (χ0n) is 8.45. The Hall–Kier alpha value is -1.45. The van der Waals surface area contributed by atoms with Crippen LogP contribution in [0.5, 0.6) is 0 Å². The molecule has 0 aromatic carbocycles. The number of aromatic nitrogens is 1. The minimum atomic E-state index is -0.370. The van der Waals surface area contributed by atoms with Crippen LogP contribution in [0.4, 0.5) is 11.5 Å². The van der Waals surface area contributed by atoms with E-state index < -0.39 is 0 Å². The second-order valence-corrected chi connectivity index (χ2v) is 3.84. The number of halogens is 1. The van der Waals surface area contributed by atoms with Crippen molar-refractivity contribution in [3.05, 3.63) is 11.6 Å². The number of nitrogens with one attached hydrogen (secondary N) is 1. The van der Waals surface area contributed by atoms with E-state index in [2.05, 4.69) is 10.3 Å². The van der Waals surface area contributed by atoms with Crippen LogP contribution in [0.15, 0.2) is 11.1 Å². The van der Waals surface area contributed by atoms with Crippen molar-refractivity contribution in [3.8, 4) is 6.07 Å². The van der Waals surface area contributed by atoms with Gasteiger partial charge in [-0.3, -0.25) is 4.79 Å². The first-order valence-electron chi connectivity index (χ1n) is 4.22. The van der Waals surface area contributed by atoms with Crippen LogP contribution < -0.4 is 11.1 Å². The SMILES string of the molecule is CSc1nc(NC(=O)CCl)cc(N)c1C#N. The lowest BCUT2D eigenvalue weighted by Crippen LogP contribution is -2.14. The highest BCUT2D eigenvalue weighted by Crippen LogP contribution is 2.25. The van der Waals surface area contributed by atoms with Crippen LogP contribution in [0.25, 0.3) is 0 Å². The fourth-order valence-electron chi connectivity index (χ4n) is 1.04. The molecule has 0 radical (unpaired) electrons. The Kier molecular flexibility index (Phi) is 4.40. The predicted octanol–water partition coefficient (Wildman–Crippen LogP) is 1.43. The Balaban J connectivity index is 3.11. The van der Waals surface area contributed by atoms with E-state index in [0.29, 0.717) is 16.4 Å². The highest BCUT2D eigenvalue weighted by molar-refractivity contribution is 7.98. The summed E-state index contributed by atoms with van der Waals surface area (Å²) in [6.07, 6.45) is 1.77. The van der Waals surface area contributed by atoms with Gasteiger partial charge in [-0.15, -0.1) is 23.4 Å². The second-order valence-electron chi connectivity index (χ2n) is 2.77. The van der Waals surface area contributed by atoms with Gasteiger partial charge in [0, 0.05) is 6.07 Å². The maximum atomic E-state index is 11.1. The van der Waals surface area contributed by atoms with Gasteiger partial charge in [0.25, 0.3) is 0 Å². The van der Waals surface area contributed by atoms with Crippen LogP contribution in [0.1, 0.15) is 5.56 Å². The second kappa shape index (κ2) is 5.58. The molecule has 0 aliphatic carbocycles. The molecule has 0 atom stereocenters. The first-order chi connectivity index (χ1) is 7.62. The summed E-state index contributed by atoms with van der Waals surface area (Å²) in [4.78, 5) is 15.1. The van der Waals surface area contributed by atoms with Gasteiger partial charge in [0.05, 0.1) is 5.69 Å². The third kappa shape index (κ3) is 2.78. The molecule has 0 spiro atoms. The van der Waals surface area contributed by atoms with E-state index in [1.54, 1.807) is 6.26 Å². The van der Waals surface area contributed by atoms with Crippen molar-refractivity contribution in [2.75, 3.05) is 23.2 Å². The molecule has 1 amide bonds. The number of hydrogen-bond acceptors (Lipinski definition) is 5. The molecule has 1 rings (SSSR count). The fraction of sp³-hybridized carbons (Fsp3) is 0.222. The molecule has 3 N–H and O–H groups in total. The largest absolute Gasteiger partial charge is 0.397 e. The van der Waals surface area contributed by atoms with E-state index in [4.69, 9.17) is 22.6 Å². The maximum absolute atomic E-state index is 11.1. The Morgan fingerprint density at radius 1 is 1.81 bits per heavy atom. The predicted molar refractivity (Wildman–Crippen MR) is 64.5 cm³/mol. The van der Waals surface area contributed by atoms with Crippen molar-refractivity contribution in [2.45, 2.75) is 5.03 Å². The Bertz CT molecular complexity index is 458. The summed E-state index contributed by atoms with van der Waals surface area (Å²) in [5, 5.41) is 11.8. The molecule has 5 nitrogen and oxygen atoms in total. The minimum absolute atomic E-state index is 0.157. The van der Waals surface area contributed by atoms with Crippen molar-refractivity contribution in [3.63, 3.8) is 0 Å². The lowest BCUT2D eigenvalue weighted by molar-refractivity contribution is -0.113. The smallest absolute Gasteiger partial charge is 0.240 e. The monoisotopic (exact) mass is 256 g/mol. The van der Waals surface area contributed by atoms with E-state index in [9.17, 15) is 4.79 Å². The molecule has 0 unspecified atom stereocenters. The van der Waals surface area contributed by atoms with Crippen LogP contribution in [-0.2, 0) is 4.79 Å². The quantitative estimate of drug-likeness (QED) is 0.631. The number of nitrogen functional groups attached to an aromatic ring is 1. The van der Waals surface area contributed by atoms with Gasteiger partial charge in [-0.25, -0.2) is 4.98 Å². The van der Waals surface area contributed by atoms with Crippen molar-refractivity contribution < 1.29 is 4.79 Å². The number of amides is 1. The van der Waals surface area contributed by atoms with Crippen LogP contribution in [0.2, 0.25) is 0 Å². The molecule has 0 saturated heterocycles. The topological polar surface area (TPSA) is 91.8 Å². The van der Waals surface area contributed by atoms with E-state index in [1.807, 2.05) is 6.07 Å². The van der Waals surface area contributed by atoms with Gasteiger partial charge >= 0.3 is 0 Å². The highest BCUT2D eigenvalue weighted by atomic mass is 35.5. The Morgan fingerprint density at radius 2 is 2.50 bits per heavy atom. The summed E-state index contributed by atoms with van der Waals surface area (Å²) in [6.45, 7) is 0. The number of carbonyl (C=O) groups excluding carboxylic acids is 1. The average Bonchev–Trinajstić information content (AvgIpc) is 2.28. The number of carbonyl (C=O) groups is 1. The van der Waals surface area contributed by atoms with E-state index >= 15 is 0 Å². The van der Waals surface area contributed by atoms with Gasteiger partial charge in [-0.05, 0) is 6.26 Å². The average molecular weight is 257 g/mol. The van der Waals surface area contributed by atoms with Gasteiger partial charge < -0.3 is 11.1 Å². The normalized spacial score (nSPS) is 9.56. The molecule has 7 heteroatoms. The zero-order chi connectivity index (χ0) is 12.1. The summed E-state index contributed by atoms with van der Waals surface area (Å²) in [5.74, 6) is -0.229. The molecule has 0 bridgehead atoms. The molecule has 0 saturated carbocycles. The number of nitriles is 1. The van der Waals surface area contributed by atoms with Crippen LogP contribution in [-0.4, -0.2) is 23.0 Å². The van der Waals surface area contributed by atoms with E-state index in [0.717, 1.165) is 0 Å².